The highest BCUT2D eigenvalue weighted by Crippen LogP contribution is 2.21. The fraction of sp³-hybridized carbons (Fsp3) is 0.467. The largest absolute Gasteiger partial charge is 0.491 e. The fourth-order valence-electron chi connectivity index (χ4n) is 1.74. The second-order valence-electron chi connectivity index (χ2n) is 4.32. The van der Waals surface area contributed by atoms with Gasteiger partial charge in [0.15, 0.2) is 0 Å². The predicted octanol–water partition coefficient (Wildman–Crippen LogP) is 3.10. The molecule has 5 nitrogen and oxygen atoms in total. The number of aromatic nitrogens is 2. The van der Waals surface area contributed by atoms with Crippen molar-refractivity contribution >= 4 is 0 Å². The normalized spacial score (nSPS) is 10.7. The summed E-state index contributed by atoms with van der Waals surface area (Å²) in [5.41, 5.74) is 0.900. The number of ether oxygens (including phenoxy) is 2. The molecule has 0 N–H and O–H groups in total. The predicted molar refractivity (Wildman–Crippen MR) is 75.7 cm³/mol. The highest BCUT2D eigenvalue weighted by Gasteiger charge is 2.07. The molecule has 5 heteroatoms. The molecule has 0 radical (unpaired) electrons. The minimum Gasteiger partial charge on any atom is -0.491 e. The Kier molecular flexibility index (Phi) is 5.55. The monoisotopic (exact) mass is 276 g/mol. The molecule has 1 heterocycles. The molecule has 1 aromatic heterocycles. The molecule has 0 aliphatic rings. The van der Waals surface area contributed by atoms with E-state index in [1.54, 1.807) is 0 Å². The van der Waals surface area contributed by atoms with Crippen LogP contribution in [-0.2, 0) is 11.2 Å². The van der Waals surface area contributed by atoms with Crippen LogP contribution in [-0.4, -0.2) is 30.0 Å². The maximum absolute atomic E-state index is 5.58. The van der Waals surface area contributed by atoms with E-state index < -0.39 is 0 Å². The van der Waals surface area contributed by atoms with E-state index in [1.165, 1.54) is 0 Å². The smallest absolute Gasteiger partial charge is 0.247 e. The summed E-state index contributed by atoms with van der Waals surface area (Å²) in [5.74, 6) is 2.04. The second kappa shape index (κ2) is 7.65. The summed E-state index contributed by atoms with van der Waals surface area (Å²) >= 11 is 0. The van der Waals surface area contributed by atoms with E-state index in [-0.39, 0.29) is 0 Å². The molecule has 0 unspecified atom stereocenters. The van der Waals surface area contributed by atoms with Crippen LogP contribution in [0, 0.1) is 0 Å². The van der Waals surface area contributed by atoms with Crippen molar-refractivity contribution in [1.82, 2.24) is 10.2 Å². The zero-order valence-corrected chi connectivity index (χ0v) is 12.0. The van der Waals surface area contributed by atoms with Gasteiger partial charge in [0.2, 0.25) is 11.8 Å². The topological polar surface area (TPSA) is 57.4 Å². The first-order valence-corrected chi connectivity index (χ1v) is 6.96. The average Bonchev–Trinajstić information content (AvgIpc) is 2.93. The van der Waals surface area contributed by atoms with Crippen molar-refractivity contribution in [3.63, 3.8) is 0 Å². The highest BCUT2D eigenvalue weighted by atomic mass is 16.5. The third-order valence-corrected chi connectivity index (χ3v) is 2.73. The van der Waals surface area contributed by atoms with Gasteiger partial charge < -0.3 is 13.9 Å². The summed E-state index contributed by atoms with van der Waals surface area (Å²) in [6.07, 6.45) is 1.81. The lowest BCUT2D eigenvalue weighted by molar-refractivity contribution is 0.110. The Bertz CT molecular complexity index is 508. The van der Waals surface area contributed by atoms with Crippen molar-refractivity contribution in [2.45, 2.75) is 26.7 Å². The lowest BCUT2D eigenvalue weighted by Gasteiger charge is -2.06. The SMILES string of the molecule is CCCc1nnc(-c2ccc(OCCOCC)cc2)o1. The number of benzene rings is 1. The third-order valence-electron chi connectivity index (χ3n) is 2.73. The van der Waals surface area contributed by atoms with Gasteiger partial charge in [0.05, 0.1) is 6.61 Å². The van der Waals surface area contributed by atoms with Crippen molar-refractivity contribution in [1.29, 1.82) is 0 Å². The van der Waals surface area contributed by atoms with E-state index in [0.29, 0.717) is 31.6 Å². The summed E-state index contributed by atoms with van der Waals surface area (Å²) < 4.78 is 16.3. The average molecular weight is 276 g/mol. The van der Waals surface area contributed by atoms with Crippen LogP contribution < -0.4 is 4.74 Å². The molecule has 0 saturated heterocycles. The van der Waals surface area contributed by atoms with Crippen LogP contribution >= 0.6 is 0 Å². The number of hydrogen-bond donors (Lipinski definition) is 0. The quantitative estimate of drug-likeness (QED) is 0.693. The van der Waals surface area contributed by atoms with Crippen molar-refractivity contribution in [2.24, 2.45) is 0 Å². The zero-order valence-electron chi connectivity index (χ0n) is 12.0. The lowest BCUT2D eigenvalue weighted by Crippen LogP contribution is -2.06. The molecule has 2 aromatic rings. The standard InChI is InChI=1S/C15H20N2O3/c1-3-5-14-16-17-15(20-14)12-6-8-13(9-7-12)19-11-10-18-4-2/h6-9H,3-5,10-11H2,1-2H3. The first-order valence-electron chi connectivity index (χ1n) is 6.96. The fourth-order valence-corrected chi connectivity index (χ4v) is 1.74. The molecular formula is C15H20N2O3. The number of rotatable bonds is 8. The summed E-state index contributed by atoms with van der Waals surface area (Å²) in [6.45, 7) is 5.90. The van der Waals surface area contributed by atoms with Gasteiger partial charge in [0.1, 0.15) is 12.4 Å². The molecule has 1 aromatic carbocycles. The molecule has 0 atom stereocenters. The van der Waals surface area contributed by atoms with Gasteiger partial charge in [-0.15, -0.1) is 10.2 Å². The van der Waals surface area contributed by atoms with Gasteiger partial charge in [0, 0.05) is 18.6 Å². The first-order chi connectivity index (χ1) is 9.83. The van der Waals surface area contributed by atoms with Gasteiger partial charge in [0.25, 0.3) is 0 Å². The Morgan fingerprint density at radius 1 is 1.05 bits per heavy atom. The Morgan fingerprint density at radius 3 is 2.55 bits per heavy atom. The van der Waals surface area contributed by atoms with E-state index in [2.05, 4.69) is 17.1 Å². The molecule has 0 amide bonds. The van der Waals surface area contributed by atoms with Crippen molar-refractivity contribution in [3.8, 4) is 17.2 Å². The van der Waals surface area contributed by atoms with Crippen molar-refractivity contribution in [2.75, 3.05) is 19.8 Å². The van der Waals surface area contributed by atoms with Gasteiger partial charge in [-0.2, -0.15) is 0 Å². The zero-order chi connectivity index (χ0) is 14.2. The van der Waals surface area contributed by atoms with E-state index >= 15 is 0 Å². The van der Waals surface area contributed by atoms with Crippen LogP contribution in [0.15, 0.2) is 28.7 Å². The molecule has 0 spiro atoms. The summed E-state index contributed by atoms with van der Waals surface area (Å²) in [4.78, 5) is 0. The van der Waals surface area contributed by atoms with E-state index in [0.717, 1.165) is 24.2 Å². The first kappa shape index (κ1) is 14.5. The van der Waals surface area contributed by atoms with Gasteiger partial charge in [-0.3, -0.25) is 0 Å². The Hall–Kier alpha value is -1.88. The number of nitrogens with zero attached hydrogens (tertiary/aromatic N) is 2. The van der Waals surface area contributed by atoms with Crippen LogP contribution in [0.3, 0.4) is 0 Å². The van der Waals surface area contributed by atoms with E-state index in [4.69, 9.17) is 13.9 Å². The highest BCUT2D eigenvalue weighted by molar-refractivity contribution is 5.53. The molecule has 108 valence electrons. The van der Waals surface area contributed by atoms with Crippen LogP contribution in [0.5, 0.6) is 5.75 Å². The minimum atomic E-state index is 0.550. The molecule has 20 heavy (non-hydrogen) atoms. The Labute approximate surface area is 118 Å². The summed E-state index contributed by atoms with van der Waals surface area (Å²) in [7, 11) is 0. The minimum absolute atomic E-state index is 0.550. The summed E-state index contributed by atoms with van der Waals surface area (Å²) in [5, 5.41) is 8.05. The van der Waals surface area contributed by atoms with Crippen LogP contribution in [0.2, 0.25) is 0 Å². The second-order valence-corrected chi connectivity index (χ2v) is 4.32. The number of aryl methyl sites for hydroxylation is 1. The van der Waals surface area contributed by atoms with Crippen LogP contribution in [0.1, 0.15) is 26.2 Å². The van der Waals surface area contributed by atoms with E-state index in [9.17, 15) is 0 Å². The molecule has 0 fully saturated rings. The van der Waals surface area contributed by atoms with Crippen LogP contribution in [0.25, 0.3) is 11.5 Å². The molecule has 0 aliphatic heterocycles. The molecule has 0 bridgehead atoms. The van der Waals surface area contributed by atoms with E-state index in [1.807, 2.05) is 31.2 Å². The van der Waals surface area contributed by atoms with Crippen molar-refractivity contribution < 1.29 is 13.9 Å². The maximum atomic E-state index is 5.58. The molecular weight excluding hydrogens is 256 g/mol. The van der Waals surface area contributed by atoms with Crippen LogP contribution in [0.4, 0.5) is 0 Å². The molecule has 0 aliphatic carbocycles. The van der Waals surface area contributed by atoms with Gasteiger partial charge in [-0.1, -0.05) is 6.92 Å². The van der Waals surface area contributed by atoms with Crippen molar-refractivity contribution in [3.05, 3.63) is 30.2 Å². The summed E-state index contributed by atoms with van der Waals surface area (Å²) in [6, 6.07) is 7.62. The Balaban J connectivity index is 1.93. The molecule has 0 saturated carbocycles. The third kappa shape index (κ3) is 4.06. The number of hydrogen-bond acceptors (Lipinski definition) is 5. The maximum Gasteiger partial charge on any atom is 0.247 e. The van der Waals surface area contributed by atoms with Gasteiger partial charge in [-0.25, -0.2) is 0 Å². The molecule has 2 rings (SSSR count). The Morgan fingerprint density at radius 2 is 1.85 bits per heavy atom. The lowest BCUT2D eigenvalue weighted by atomic mass is 10.2. The van der Waals surface area contributed by atoms with Gasteiger partial charge >= 0.3 is 0 Å². The van der Waals surface area contributed by atoms with Gasteiger partial charge in [-0.05, 0) is 37.6 Å².